The van der Waals surface area contributed by atoms with Gasteiger partial charge in [0.2, 0.25) is 0 Å². The number of hydrogen-bond acceptors (Lipinski definition) is 3. The van der Waals surface area contributed by atoms with Gasteiger partial charge in [-0.25, -0.2) is 4.79 Å². The SMILES string of the molecule is CSC1CCC(NC(=O)N(C)CCCC(=O)O)CC1. The molecule has 19 heavy (non-hydrogen) atoms. The van der Waals surface area contributed by atoms with E-state index in [0.29, 0.717) is 13.0 Å². The van der Waals surface area contributed by atoms with E-state index in [9.17, 15) is 9.59 Å². The predicted octanol–water partition coefficient (Wildman–Crippen LogP) is 2.17. The van der Waals surface area contributed by atoms with Gasteiger partial charge in [-0.2, -0.15) is 11.8 Å². The van der Waals surface area contributed by atoms with Crippen LogP contribution in [0.5, 0.6) is 0 Å². The van der Waals surface area contributed by atoms with E-state index < -0.39 is 5.97 Å². The van der Waals surface area contributed by atoms with E-state index in [1.54, 1.807) is 11.9 Å². The van der Waals surface area contributed by atoms with Crippen LogP contribution in [-0.4, -0.2) is 53.1 Å². The summed E-state index contributed by atoms with van der Waals surface area (Å²) in [7, 11) is 1.71. The fraction of sp³-hybridized carbons (Fsp3) is 0.846. The first-order chi connectivity index (χ1) is 9.02. The Bertz CT molecular complexity index is 304. The van der Waals surface area contributed by atoms with Crippen LogP contribution in [0.15, 0.2) is 0 Å². The molecule has 1 saturated carbocycles. The molecule has 0 aliphatic heterocycles. The maximum atomic E-state index is 11.9. The van der Waals surface area contributed by atoms with Crippen molar-refractivity contribution >= 4 is 23.8 Å². The maximum absolute atomic E-state index is 11.9. The molecule has 0 heterocycles. The number of rotatable bonds is 6. The van der Waals surface area contributed by atoms with Crippen molar-refractivity contribution in [2.75, 3.05) is 19.8 Å². The molecule has 1 aliphatic carbocycles. The second-order valence-electron chi connectivity index (χ2n) is 5.08. The molecule has 2 N–H and O–H groups in total. The van der Waals surface area contributed by atoms with E-state index in [4.69, 9.17) is 5.11 Å². The molecule has 1 fully saturated rings. The number of hydrogen-bond donors (Lipinski definition) is 2. The van der Waals surface area contributed by atoms with Crippen LogP contribution in [0, 0.1) is 0 Å². The summed E-state index contributed by atoms with van der Waals surface area (Å²) in [6, 6.07) is 0.191. The first-order valence-electron chi connectivity index (χ1n) is 6.79. The molecule has 0 radical (unpaired) electrons. The van der Waals surface area contributed by atoms with Crippen LogP contribution in [0.1, 0.15) is 38.5 Å². The van der Waals surface area contributed by atoms with Crippen LogP contribution in [0.25, 0.3) is 0 Å². The standard InChI is InChI=1S/C13H24N2O3S/c1-15(9-3-4-12(16)17)13(18)14-10-5-7-11(19-2)8-6-10/h10-11H,3-9H2,1-2H3,(H,14,18)(H,16,17). The fourth-order valence-electron chi connectivity index (χ4n) is 2.30. The summed E-state index contributed by atoms with van der Waals surface area (Å²) in [6.45, 7) is 0.484. The highest BCUT2D eigenvalue weighted by Crippen LogP contribution is 2.26. The molecule has 0 spiro atoms. The van der Waals surface area contributed by atoms with Crippen molar-refractivity contribution in [3.8, 4) is 0 Å². The molecule has 0 aromatic rings. The van der Waals surface area contributed by atoms with Gasteiger partial charge in [0.25, 0.3) is 0 Å². The minimum atomic E-state index is -0.816. The third kappa shape index (κ3) is 6.18. The Morgan fingerprint density at radius 1 is 1.32 bits per heavy atom. The third-order valence-electron chi connectivity index (χ3n) is 3.57. The molecular formula is C13H24N2O3S. The lowest BCUT2D eigenvalue weighted by atomic mass is 9.95. The fourth-order valence-corrected chi connectivity index (χ4v) is 3.04. The second-order valence-corrected chi connectivity index (χ2v) is 6.22. The molecular weight excluding hydrogens is 264 g/mol. The van der Waals surface area contributed by atoms with Crippen molar-refractivity contribution in [2.45, 2.75) is 49.8 Å². The number of nitrogens with one attached hydrogen (secondary N) is 1. The van der Waals surface area contributed by atoms with Gasteiger partial charge in [-0.3, -0.25) is 4.79 Å². The van der Waals surface area contributed by atoms with Gasteiger partial charge in [-0.1, -0.05) is 0 Å². The Morgan fingerprint density at radius 2 is 1.95 bits per heavy atom. The summed E-state index contributed by atoms with van der Waals surface area (Å²) in [5.41, 5.74) is 0. The summed E-state index contributed by atoms with van der Waals surface area (Å²) < 4.78 is 0. The zero-order valence-electron chi connectivity index (χ0n) is 11.7. The monoisotopic (exact) mass is 288 g/mol. The molecule has 0 atom stereocenters. The summed E-state index contributed by atoms with van der Waals surface area (Å²) in [4.78, 5) is 23.9. The Morgan fingerprint density at radius 3 is 2.47 bits per heavy atom. The van der Waals surface area contributed by atoms with Crippen molar-refractivity contribution in [1.29, 1.82) is 0 Å². The molecule has 6 heteroatoms. The van der Waals surface area contributed by atoms with E-state index in [0.717, 1.165) is 30.9 Å². The Kier molecular flexibility index (Phi) is 7.05. The lowest BCUT2D eigenvalue weighted by Gasteiger charge is -2.29. The molecule has 2 amide bonds. The van der Waals surface area contributed by atoms with Gasteiger partial charge in [0.1, 0.15) is 0 Å². The first kappa shape index (κ1) is 16.1. The zero-order valence-corrected chi connectivity index (χ0v) is 12.5. The van der Waals surface area contributed by atoms with Crippen molar-refractivity contribution in [1.82, 2.24) is 10.2 Å². The summed E-state index contributed by atoms with van der Waals surface area (Å²) in [6.07, 6.45) is 7.15. The molecule has 0 aromatic carbocycles. The topological polar surface area (TPSA) is 69.6 Å². The highest BCUT2D eigenvalue weighted by Gasteiger charge is 2.22. The molecule has 1 rings (SSSR count). The molecule has 0 saturated heterocycles. The van der Waals surface area contributed by atoms with Gasteiger partial charge in [0.05, 0.1) is 0 Å². The quantitative estimate of drug-likeness (QED) is 0.786. The number of thioether (sulfide) groups is 1. The van der Waals surface area contributed by atoms with Gasteiger partial charge in [0.15, 0.2) is 0 Å². The van der Waals surface area contributed by atoms with E-state index >= 15 is 0 Å². The number of carboxylic acids is 1. The Labute approximate surface area is 119 Å². The van der Waals surface area contributed by atoms with Crippen molar-refractivity contribution in [2.24, 2.45) is 0 Å². The predicted molar refractivity (Wildman–Crippen MR) is 77.6 cm³/mol. The van der Waals surface area contributed by atoms with Gasteiger partial charge >= 0.3 is 12.0 Å². The Hall–Kier alpha value is -0.910. The number of amides is 2. The number of urea groups is 1. The smallest absolute Gasteiger partial charge is 0.317 e. The van der Waals surface area contributed by atoms with Crippen LogP contribution in [0.3, 0.4) is 0 Å². The average Bonchev–Trinajstić information content (AvgIpc) is 2.39. The van der Waals surface area contributed by atoms with Crippen LogP contribution < -0.4 is 5.32 Å². The minimum absolute atomic E-state index is 0.0852. The molecule has 0 unspecified atom stereocenters. The molecule has 0 aromatic heterocycles. The highest BCUT2D eigenvalue weighted by atomic mass is 32.2. The number of aliphatic carboxylic acids is 1. The van der Waals surface area contributed by atoms with Gasteiger partial charge < -0.3 is 15.3 Å². The largest absolute Gasteiger partial charge is 0.481 e. The van der Waals surface area contributed by atoms with Crippen LogP contribution in [-0.2, 0) is 4.79 Å². The number of carboxylic acid groups (broad SMARTS) is 1. The lowest BCUT2D eigenvalue weighted by molar-refractivity contribution is -0.137. The lowest BCUT2D eigenvalue weighted by Crippen LogP contribution is -2.45. The molecule has 1 aliphatic rings. The van der Waals surface area contributed by atoms with Gasteiger partial charge in [-0.05, 0) is 38.4 Å². The van der Waals surface area contributed by atoms with Crippen molar-refractivity contribution in [3.63, 3.8) is 0 Å². The van der Waals surface area contributed by atoms with Gasteiger partial charge in [0, 0.05) is 31.3 Å². The minimum Gasteiger partial charge on any atom is -0.481 e. The first-order valence-corrected chi connectivity index (χ1v) is 8.08. The average molecular weight is 288 g/mol. The van der Waals surface area contributed by atoms with Crippen molar-refractivity contribution < 1.29 is 14.7 Å². The maximum Gasteiger partial charge on any atom is 0.317 e. The summed E-state index contributed by atoms with van der Waals surface area (Å²) in [5, 5.41) is 12.3. The number of carbonyl (C=O) groups is 2. The molecule has 110 valence electrons. The molecule has 0 bridgehead atoms. The van der Waals surface area contributed by atoms with Crippen LogP contribution >= 0.6 is 11.8 Å². The number of nitrogens with zero attached hydrogens (tertiary/aromatic N) is 1. The molecule has 5 nitrogen and oxygen atoms in total. The van der Waals surface area contributed by atoms with Gasteiger partial charge in [-0.15, -0.1) is 0 Å². The number of carbonyl (C=O) groups excluding carboxylic acids is 1. The van der Waals surface area contributed by atoms with E-state index in [1.807, 2.05) is 11.8 Å². The van der Waals surface area contributed by atoms with Crippen molar-refractivity contribution in [3.05, 3.63) is 0 Å². The van der Waals surface area contributed by atoms with E-state index in [-0.39, 0.29) is 18.5 Å². The van der Waals surface area contributed by atoms with Crippen LogP contribution in [0.4, 0.5) is 4.79 Å². The highest BCUT2D eigenvalue weighted by molar-refractivity contribution is 7.99. The zero-order chi connectivity index (χ0) is 14.3. The third-order valence-corrected chi connectivity index (χ3v) is 4.70. The van der Waals surface area contributed by atoms with E-state index in [1.165, 1.54) is 0 Å². The Balaban J connectivity index is 2.21. The summed E-state index contributed by atoms with van der Waals surface area (Å²) in [5.74, 6) is -0.816. The normalized spacial score (nSPS) is 22.8. The van der Waals surface area contributed by atoms with E-state index in [2.05, 4.69) is 11.6 Å². The van der Waals surface area contributed by atoms with Crippen LogP contribution in [0.2, 0.25) is 0 Å². The second kappa shape index (κ2) is 8.30. The summed E-state index contributed by atoms with van der Waals surface area (Å²) >= 11 is 1.91.